The van der Waals surface area contributed by atoms with Gasteiger partial charge in [0.15, 0.2) is 0 Å². The van der Waals surface area contributed by atoms with Crippen LogP contribution in [0.15, 0.2) is 0 Å². The van der Waals surface area contributed by atoms with Gasteiger partial charge in [-0.1, -0.05) is 13.8 Å². The van der Waals surface area contributed by atoms with E-state index in [-0.39, 0.29) is 11.7 Å². The van der Waals surface area contributed by atoms with Crippen molar-refractivity contribution in [2.75, 3.05) is 13.1 Å². The maximum absolute atomic E-state index is 11.9. The van der Waals surface area contributed by atoms with Gasteiger partial charge in [0.1, 0.15) is 5.82 Å². The number of aromatic nitrogens is 3. The van der Waals surface area contributed by atoms with Crippen molar-refractivity contribution in [3.8, 4) is 0 Å². The van der Waals surface area contributed by atoms with Crippen LogP contribution in [0, 0.1) is 12.8 Å². The number of nitrogens with one attached hydrogen (secondary N) is 1. The van der Waals surface area contributed by atoms with E-state index in [1.165, 1.54) is 0 Å². The molecule has 0 saturated heterocycles. The first-order valence-electron chi connectivity index (χ1n) is 5.22. The Bertz CT molecular complexity index is 332. The van der Waals surface area contributed by atoms with Crippen LogP contribution in [0.25, 0.3) is 0 Å². The predicted octanol–water partition coefficient (Wildman–Crippen LogP) is 1.23. The molecule has 0 saturated carbocycles. The minimum absolute atomic E-state index is 0.101. The van der Waals surface area contributed by atoms with Crippen molar-refractivity contribution in [2.45, 2.75) is 27.7 Å². The van der Waals surface area contributed by atoms with Crippen LogP contribution in [0.2, 0.25) is 0 Å². The molecule has 0 aliphatic rings. The first-order chi connectivity index (χ1) is 7.04. The van der Waals surface area contributed by atoms with E-state index in [2.05, 4.69) is 29.0 Å². The van der Waals surface area contributed by atoms with Crippen LogP contribution in [-0.4, -0.2) is 39.1 Å². The number of carbonyl (C=O) groups excluding carboxylic acids is 1. The van der Waals surface area contributed by atoms with Crippen molar-refractivity contribution >= 4 is 5.91 Å². The largest absolute Gasteiger partial charge is 0.336 e. The Labute approximate surface area is 89.9 Å². The van der Waals surface area contributed by atoms with Crippen LogP contribution < -0.4 is 0 Å². The SMILES string of the molecule is CCN(CC(C)C)C(=O)c1n[nH]c(C)n1. The fourth-order valence-electron chi connectivity index (χ4n) is 1.38. The second-order valence-electron chi connectivity index (χ2n) is 3.98. The van der Waals surface area contributed by atoms with Crippen molar-refractivity contribution in [1.82, 2.24) is 20.1 Å². The van der Waals surface area contributed by atoms with Crippen molar-refractivity contribution in [1.29, 1.82) is 0 Å². The zero-order valence-corrected chi connectivity index (χ0v) is 9.74. The van der Waals surface area contributed by atoms with Crippen LogP contribution in [0.4, 0.5) is 0 Å². The Morgan fingerprint density at radius 2 is 2.20 bits per heavy atom. The van der Waals surface area contributed by atoms with Crippen LogP contribution >= 0.6 is 0 Å². The summed E-state index contributed by atoms with van der Waals surface area (Å²) in [6.45, 7) is 9.33. The Hall–Kier alpha value is -1.39. The molecule has 0 aliphatic carbocycles. The average molecular weight is 210 g/mol. The van der Waals surface area contributed by atoms with Gasteiger partial charge in [0.2, 0.25) is 5.82 Å². The number of H-pyrrole nitrogens is 1. The number of nitrogens with zero attached hydrogens (tertiary/aromatic N) is 3. The van der Waals surface area contributed by atoms with Crippen LogP contribution in [-0.2, 0) is 0 Å². The molecule has 15 heavy (non-hydrogen) atoms. The van der Waals surface area contributed by atoms with Crippen molar-refractivity contribution in [2.24, 2.45) is 5.92 Å². The number of hydrogen-bond donors (Lipinski definition) is 1. The second-order valence-corrected chi connectivity index (χ2v) is 3.98. The molecule has 1 rings (SSSR count). The Morgan fingerprint density at radius 1 is 1.53 bits per heavy atom. The number of rotatable bonds is 4. The van der Waals surface area contributed by atoms with Crippen molar-refractivity contribution in [3.63, 3.8) is 0 Å². The van der Waals surface area contributed by atoms with Crippen molar-refractivity contribution < 1.29 is 4.79 Å². The smallest absolute Gasteiger partial charge is 0.293 e. The van der Waals surface area contributed by atoms with Gasteiger partial charge in [-0.25, -0.2) is 4.98 Å². The molecule has 0 bridgehead atoms. The van der Waals surface area contributed by atoms with E-state index in [0.29, 0.717) is 18.3 Å². The predicted molar refractivity (Wildman–Crippen MR) is 57.5 cm³/mol. The molecule has 0 aliphatic heterocycles. The molecule has 1 aromatic rings. The van der Waals surface area contributed by atoms with Crippen LogP contribution in [0.3, 0.4) is 0 Å². The standard InChI is InChI=1S/C10H18N4O/c1-5-14(6-7(2)3)10(15)9-11-8(4)12-13-9/h7H,5-6H2,1-4H3,(H,11,12,13). The van der Waals surface area contributed by atoms with E-state index in [1.54, 1.807) is 11.8 Å². The third-order valence-corrected chi connectivity index (χ3v) is 2.04. The Balaban J connectivity index is 2.73. The Kier molecular flexibility index (Phi) is 3.82. The third kappa shape index (κ3) is 3.04. The van der Waals surface area contributed by atoms with Gasteiger partial charge < -0.3 is 4.90 Å². The van der Waals surface area contributed by atoms with Gasteiger partial charge in [-0.2, -0.15) is 0 Å². The molecule has 84 valence electrons. The summed E-state index contributed by atoms with van der Waals surface area (Å²) in [5, 5.41) is 6.54. The summed E-state index contributed by atoms with van der Waals surface area (Å²) < 4.78 is 0. The summed E-state index contributed by atoms with van der Waals surface area (Å²) in [5.41, 5.74) is 0. The third-order valence-electron chi connectivity index (χ3n) is 2.04. The maximum Gasteiger partial charge on any atom is 0.293 e. The number of amides is 1. The van der Waals surface area contributed by atoms with E-state index in [1.807, 2.05) is 6.92 Å². The minimum atomic E-state index is -0.101. The van der Waals surface area contributed by atoms with E-state index in [9.17, 15) is 4.79 Å². The molecule has 1 N–H and O–H groups in total. The molecule has 1 amide bonds. The summed E-state index contributed by atoms with van der Waals surface area (Å²) in [6.07, 6.45) is 0. The quantitative estimate of drug-likeness (QED) is 0.813. The van der Waals surface area contributed by atoms with Crippen LogP contribution in [0.1, 0.15) is 37.2 Å². The molecule has 0 aromatic carbocycles. The second kappa shape index (κ2) is 4.91. The molecule has 0 atom stereocenters. The van der Waals surface area contributed by atoms with E-state index in [0.717, 1.165) is 6.54 Å². The Morgan fingerprint density at radius 3 is 2.60 bits per heavy atom. The first-order valence-corrected chi connectivity index (χ1v) is 5.22. The normalized spacial score (nSPS) is 10.7. The summed E-state index contributed by atoms with van der Waals surface area (Å²) in [5.74, 6) is 1.28. The number of aryl methyl sites for hydroxylation is 1. The van der Waals surface area contributed by atoms with Gasteiger partial charge in [-0.3, -0.25) is 9.89 Å². The lowest BCUT2D eigenvalue weighted by Gasteiger charge is -2.21. The molecule has 0 fully saturated rings. The first kappa shape index (κ1) is 11.7. The molecular weight excluding hydrogens is 192 g/mol. The fourth-order valence-corrected chi connectivity index (χ4v) is 1.38. The van der Waals surface area contributed by atoms with Gasteiger partial charge in [-0.05, 0) is 19.8 Å². The van der Waals surface area contributed by atoms with Crippen molar-refractivity contribution in [3.05, 3.63) is 11.6 Å². The minimum Gasteiger partial charge on any atom is -0.336 e. The molecule has 5 nitrogen and oxygen atoms in total. The van der Waals surface area contributed by atoms with Gasteiger partial charge in [0.25, 0.3) is 5.91 Å². The summed E-state index contributed by atoms with van der Waals surface area (Å²) >= 11 is 0. The van der Waals surface area contributed by atoms with E-state index >= 15 is 0 Å². The molecular formula is C10H18N4O. The zero-order chi connectivity index (χ0) is 11.4. The molecule has 1 aromatic heterocycles. The number of carbonyl (C=O) groups is 1. The highest BCUT2D eigenvalue weighted by atomic mass is 16.2. The summed E-state index contributed by atoms with van der Waals surface area (Å²) in [6, 6.07) is 0. The number of hydrogen-bond acceptors (Lipinski definition) is 3. The summed E-state index contributed by atoms with van der Waals surface area (Å²) in [4.78, 5) is 17.7. The zero-order valence-electron chi connectivity index (χ0n) is 9.74. The number of aromatic amines is 1. The fraction of sp³-hybridized carbons (Fsp3) is 0.700. The monoisotopic (exact) mass is 210 g/mol. The lowest BCUT2D eigenvalue weighted by molar-refractivity contribution is 0.0734. The van der Waals surface area contributed by atoms with Gasteiger partial charge in [0, 0.05) is 13.1 Å². The molecule has 5 heteroatoms. The van der Waals surface area contributed by atoms with Gasteiger partial charge >= 0.3 is 0 Å². The maximum atomic E-state index is 11.9. The lowest BCUT2D eigenvalue weighted by atomic mass is 10.2. The lowest BCUT2D eigenvalue weighted by Crippen LogP contribution is -2.34. The van der Waals surface area contributed by atoms with E-state index in [4.69, 9.17) is 0 Å². The molecule has 0 unspecified atom stereocenters. The average Bonchev–Trinajstić information content (AvgIpc) is 2.60. The highest BCUT2D eigenvalue weighted by Gasteiger charge is 2.18. The van der Waals surface area contributed by atoms with Crippen LogP contribution in [0.5, 0.6) is 0 Å². The summed E-state index contributed by atoms with van der Waals surface area (Å²) in [7, 11) is 0. The van der Waals surface area contributed by atoms with E-state index < -0.39 is 0 Å². The van der Waals surface area contributed by atoms with Gasteiger partial charge in [-0.15, -0.1) is 5.10 Å². The highest BCUT2D eigenvalue weighted by molar-refractivity contribution is 5.90. The molecule has 1 heterocycles. The topological polar surface area (TPSA) is 61.9 Å². The van der Waals surface area contributed by atoms with Gasteiger partial charge in [0.05, 0.1) is 0 Å². The highest BCUT2D eigenvalue weighted by Crippen LogP contribution is 2.03. The molecule has 0 spiro atoms. The molecule has 0 radical (unpaired) electrons.